The molecular weight excluding hydrogens is 509 g/mol. The number of hydrogen-bond donors (Lipinski definition) is 5. The van der Waals surface area contributed by atoms with Crippen LogP contribution in [0.4, 0.5) is 4.39 Å². The van der Waals surface area contributed by atoms with Gasteiger partial charge in [-0.25, -0.2) is 4.39 Å². The zero-order chi connectivity index (χ0) is 28.8. The second kappa shape index (κ2) is 8.87. The van der Waals surface area contributed by atoms with E-state index >= 15 is 4.39 Å². The Hall–Kier alpha value is -3.28. The van der Waals surface area contributed by atoms with Crippen LogP contribution in [0.3, 0.4) is 0 Å². The van der Waals surface area contributed by atoms with Crippen molar-refractivity contribution < 1.29 is 39.2 Å². The standard InChI is InChI=1S/C28H34FN3O7/c1-5-32(27(2)6-7-27)11-13-10-16(33)18-14(20(13)29)8-12-9-15-21(31(3)4)23(35)19(26(30)38)25(37)28(15,39)24(36)17(12)22(18)34/h10,12,15,21,33-34,37,39H,5-9,11H2,1-4H3,(H2,30,38)/t12-,15-,21-,28-/m0/s1. The third-order valence-corrected chi connectivity index (χ3v) is 9.21. The lowest BCUT2D eigenvalue weighted by molar-refractivity contribution is -0.153. The molecule has 4 atom stereocenters. The number of halogens is 1. The van der Waals surface area contributed by atoms with Gasteiger partial charge in [0.25, 0.3) is 5.91 Å². The molecule has 5 rings (SSSR count). The number of rotatable bonds is 6. The van der Waals surface area contributed by atoms with Crippen molar-refractivity contribution in [3.05, 3.63) is 45.5 Å². The molecule has 6 N–H and O–H groups in total. The van der Waals surface area contributed by atoms with E-state index in [4.69, 9.17) is 5.73 Å². The molecule has 39 heavy (non-hydrogen) atoms. The lowest BCUT2D eigenvalue weighted by Gasteiger charge is -2.50. The highest BCUT2D eigenvalue weighted by Gasteiger charge is 2.64. The molecule has 210 valence electrons. The molecule has 0 heterocycles. The van der Waals surface area contributed by atoms with Crippen molar-refractivity contribution in [3.63, 3.8) is 0 Å². The fourth-order valence-electron chi connectivity index (χ4n) is 6.85. The number of likely N-dealkylation sites (N-methyl/N-ethyl adjacent to an activating group) is 1. The zero-order valence-electron chi connectivity index (χ0n) is 22.4. The first-order valence-corrected chi connectivity index (χ1v) is 13.1. The van der Waals surface area contributed by atoms with E-state index in [9.17, 15) is 34.8 Å². The highest BCUT2D eigenvalue weighted by molar-refractivity contribution is 6.24. The van der Waals surface area contributed by atoms with E-state index in [1.165, 1.54) is 25.1 Å². The SMILES string of the molecule is CCN(Cc1cc(O)c2c(c1F)C[C@H]1C[C@H]3[C@H](N(C)C)C(=O)C(C(N)=O)=C(O)[C@@]3(O)C(=O)C1=C2O)C1(C)CC1. The topological polar surface area (TPSA) is 165 Å². The van der Waals surface area contributed by atoms with E-state index in [0.29, 0.717) is 6.54 Å². The molecule has 1 amide bonds. The number of benzene rings is 1. The molecule has 1 aromatic carbocycles. The lowest BCUT2D eigenvalue weighted by atomic mass is 9.57. The first kappa shape index (κ1) is 27.3. The second-order valence-electron chi connectivity index (χ2n) is 11.7. The number of fused-ring (bicyclic) bond motifs is 3. The van der Waals surface area contributed by atoms with Crippen LogP contribution in [-0.2, 0) is 27.3 Å². The monoisotopic (exact) mass is 543 g/mol. The van der Waals surface area contributed by atoms with Crippen LogP contribution in [0.2, 0.25) is 0 Å². The highest BCUT2D eigenvalue weighted by atomic mass is 19.1. The zero-order valence-corrected chi connectivity index (χ0v) is 22.4. The number of primary amides is 1. The Kier molecular flexibility index (Phi) is 6.21. The van der Waals surface area contributed by atoms with Crippen molar-refractivity contribution in [3.8, 4) is 5.75 Å². The van der Waals surface area contributed by atoms with Gasteiger partial charge in [0.2, 0.25) is 5.78 Å². The van der Waals surface area contributed by atoms with Crippen LogP contribution in [0.25, 0.3) is 5.76 Å². The molecule has 4 aliphatic rings. The Balaban J connectivity index is 1.64. The van der Waals surface area contributed by atoms with Gasteiger partial charge in [0.15, 0.2) is 11.4 Å². The van der Waals surface area contributed by atoms with Crippen LogP contribution in [0.5, 0.6) is 5.75 Å². The molecule has 0 radical (unpaired) electrons. The minimum Gasteiger partial charge on any atom is -0.508 e. The number of phenols is 1. The number of Topliss-reactive ketones (excluding diaryl/α,β-unsaturated/α-hetero) is 2. The Morgan fingerprint density at radius 1 is 1.21 bits per heavy atom. The number of aliphatic hydroxyl groups excluding tert-OH is 2. The number of nitrogens with two attached hydrogens (primary N) is 1. The van der Waals surface area contributed by atoms with E-state index in [1.807, 2.05) is 6.92 Å². The molecule has 1 aromatic rings. The van der Waals surface area contributed by atoms with Crippen LogP contribution in [0.1, 0.15) is 49.8 Å². The fraction of sp³-hybridized carbons (Fsp3) is 0.536. The normalized spacial score (nSPS) is 29.5. The van der Waals surface area contributed by atoms with Crippen LogP contribution in [0, 0.1) is 17.7 Å². The maximum atomic E-state index is 16.0. The van der Waals surface area contributed by atoms with Crippen molar-refractivity contribution in [2.24, 2.45) is 17.6 Å². The van der Waals surface area contributed by atoms with Gasteiger partial charge in [-0.1, -0.05) is 6.92 Å². The maximum Gasteiger partial charge on any atom is 0.255 e. The predicted molar refractivity (Wildman–Crippen MR) is 138 cm³/mol. The maximum absolute atomic E-state index is 16.0. The van der Waals surface area contributed by atoms with Crippen LogP contribution in [0.15, 0.2) is 23.0 Å². The molecule has 0 aliphatic heterocycles. The first-order chi connectivity index (χ1) is 18.2. The molecule has 0 bridgehead atoms. The van der Waals surface area contributed by atoms with E-state index < -0.39 is 69.6 Å². The fourth-order valence-corrected chi connectivity index (χ4v) is 6.85. The predicted octanol–water partition coefficient (Wildman–Crippen LogP) is 1.48. The van der Waals surface area contributed by atoms with Gasteiger partial charge < -0.3 is 26.2 Å². The Morgan fingerprint density at radius 2 is 1.85 bits per heavy atom. The van der Waals surface area contributed by atoms with Crippen molar-refractivity contribution in [1.82, 2.24) is 9.80 Å². The Labute approximate surface area is 225 Å². The molecule has 0 aromatic heterocycles. The number of carbonyl (C=O) groups excluding carboxylic acids is 3. The number of phenolic OH excluding ortho intramolecular Hbond substituents is 1. The van der Waals surface area contributed by atoms with E-state index in [2.05, 4.69) is 11.8 Å². The molecule has 10 nitrogen and oxygen atoms in total. The summed E-state index contributed by atoms with van der Waals surface area (Å²) in [7, 11) is 3.05. The molecule has 0 saturated heterocycles. The molecule has 2 fully saturated rings. The Bertz CT molecular complexity index is 1380. The largest absolute Gasteiger partial charge is 0.508 e. The summed E-state index contributed by atoms with van der Waals surface area (Å²) in [5, 5.41) is 44.6. The van der Waals surface area contributed by atoms with Gasteiger partial charge in [-0.2, -0.15) is 0 Å². The smallest absolute Gasteiger partial charge is 0.255 e. The molecule has 0 unspecified atom stereocenters. The summed E-state index contributed by atoms with van der Waals surface area (Å²) in [6.45, 7) is 5.03. The molecule has 2 saturated carbocycles. The number of amides is 1. The molecular formula is C28H34FN3O7. The highest BCUT2D eigenvalue weighted by Crippen LogP contribution is 2.53. The first-order valence-electron chi connectivity index (χ1n) is 13.1. The lowest BCUT2D eigenvalue weighted by Crippen LogP contribution is -2.65. The quantitative estimate of drug-likeness (QED) is 0.334. The van der Waals surface area contributed by atoms with Gasteiger partial charge in [0, 0.05) is 34.7 Å². The third kappa shape index (κ3) is 3.74. The molecule has 0 spiro atoms. The summed E-state index contributed by atoms with van der Waals surface area (Å²) in [6.07, 6.45) is 1.82. The van der Waals surface area contributed by atoms with Gasteiger partial charge >= 0.3 is 0 Å². The summed E-state index contributed by atoms with van der Waals surface area (Å²) in [6, 6.07) is 0.0541. The number of hydrogen-bond acceptors (Lipinski definition) is 9. The van der Waals surface area contributed by atoms with E-state index in [-0.39, 0.29) is 47.2 Å². The summed E-state index contributed by atoms with van der Waals surface area (Å²) in [5.74, 6) is -8.13. The van der Waals surface area contributed by atoms with Gasteiger partial charge in [-0.15, -0.1) is 0 Å². The van der Waals surface area contributed by atoms with Crippen LogP contribution in [-0.4, -0.2) is 85.5 Å². The number of aliphatic hydroxyl groups is 3. The van der Waals surface area contributed by atoms with Crippen molar-refractivity contribution >= 4 is 23.2 Å². The second-order valence-corrected chi connectivity index (χ2v) is 11.7. The third-order valence-electron chi connectivity index (χ3n) is 9.21. The van der Waals surface area contributed by atoms with Crippen molar-refractivity contribution in [1.29, 1.82) is 0 Å². The number of aromatic hydroxyl groups is 1. The van der Waals surface area contributed by atoms with Gasteiger partial charge in [0.1, 0.15) is 28.7 Å². The summed E-state index contributed by atoms with van der Waals surface area (Å²) < 4.78 is 16.0. The number of ketones is 2. The number of carbonyl (C=O) groups is 3. The van der Waals surface area contributed by atoms with Crippen LogP contribution >= 0.6 is 0 Å². The average molecular weight is 544 g/mol. The number of nitrogens with zero attached hydrogens (tertiary/aromatic N) is 2. The summed E-state index contributed by atoms with van der Waals surface area (Å²) in [4.78, 5) is 42.6. The summed E-state index contributed by atoms with van der Waals surface area (Å²) >= 11 is 0. The Morgan fingerprint density at radius 3 is 2.38 bits per heavy atom. The molecule has 4 aliphatic carbocycles. The van der Waals surface area contributed by atoms with Crippen LogP contribution < -0.4 is 5.73 Å². The van der Waals surface area contributed by atoms with Gasteiger partial charge in [-0.05, 0) is 65.2 Å². The minimum atomic E-state index is -2.72. The summed E-state index contributed by atoms with van der Waals surface area (Å²) in [5.41, 5.74) is 1.47. The van der Waals surface area contributed by atoms with Gasteiger partial charge in [0.05, 0.1) is 11.6 Å². The van der Waals surface area contributed by atoms with Gasteiger partial charge in [-0.3, -0.25) is 24.2 Å². The molecule has 11 heteroatoms. The minimum absolute atomic E-state index is 0.0316. The van der Waals surface area contributed by atoms with Crippen molar-refractivity contribution in [2.45, 2.75) is 63.3 Å². The van der Waals surface area contributed by atoms with Crippen molar-refractivity contribution in [2.75, 3.05) is 20.6 Å². The van der Waals surface area contributed by atoms with E-state index in [1.54, 1.807) is 0 Å². The average Bonchev–Trinajstić information content (AvgIpc) is 3.60. The van der Waals surface area contributed by atoms with E-state index in [0.717, 1.165) is 12.8 Å².